The first-order valence-electron chi connectivity index (χ1n) is 3.31. The van der Waals surface area contributed by atoms with E-state index in [0.29, 0.717) is 5.57 Å². The minimum Gasteiger partial charge on any atom is -0.478 e. The van der Waals surface area contributed by atoms with Gasteiger partial charge in [-0.2, -0.15) is 0 Å². The summed E-state index contributed by atoms with van der Waals surface area (Å²) in [5, 5.41) is 8.41. The molecule has 0 aliphatic heterocycles. The molecule has 0 atom stereocenters. The van der Waals surface area contributed by atoms with Gasteiger partial charge in [-0.1, -0.05) is 18.7 Å². The Morgan fingerprint density at radius 3 is 1.65 bits per heavy atom. The summed E-state index contributed by atoms with van der Waals surface area (Å²) < 4.78 is 8.88. The van der Waals surface area contributed by atoms with Gasteiger partial charge in [-0.25, -0.2) is 9.36 Å². The van der Waals surface area contributed by atoms with Crippen LogP contribution in [0.3, 0.4) is 0 Å². The van der Waals surface area contributed by atoms with Crippen LogP contribution in [0.25, 0.3) is 0 Å². The van der Waals surface area contributed by atoms with Crippen LogP contribution < -0.4 is 18.5 Å². The van der Waals surface area contributed by atoms with Gasteiger partial charge >= 0.3 is 13.8 Å². The number of phosphoric acid groups is 1. The zero-order chi connectivity index (χ0) is 11.4. The fraction of sp³-hybridized carbons (Fsp3) is 0. The van der Waals surface area contributed by atoms with Crippen LogP contribution in [0.1, 0.15) is 0 Å². The van der Waals surface area contributed by atoms with Crippen molar-refractivity contribution < 1.29 is 29.1 Å². The third kappa shape index (κ3) is 14.7. The lowest BCUT2D eigenvalue weighted by molar-refractivity contribution is -0.132. The third-order valence-corrected chi connectivity index (χ3v) is 1.14. The van der Waals surface area contributed by atoms with E-state index in [9.17, 15) is 4.79 Å². The van der Waals surface area contributed by atoms with Crippen molar-refractivity contribution in [3.8, 4) is 0 Å². The average molecular weight is 271 g/mol. The predicted molar refractivity (Wildman–Crippen MR) is 63.3 cm³/mol. The van der Waals surface area contributed by atoms with Crippen molar-refractivity contribution in [2.45, 2.75) is 0 Å². The molecule has 13 N–H and O–H groups in total. The lowest BCUT2D eigenvalue weighted by Crippen LogP contribution is -1.98. The number of hydrogen-bond acceptors (Lipinski definition) is 5. The number of rotatable bonds is 1. The van der Waals surface area contributed by atoms with Crippen LogP contribution in [0.4, 0.5) is 0 Å². The Morgan fingerprint density at radius 1 is 1.18 bits per heavy atom. The molecule has 9 nitrogen and oxygen atoms in total. The van der Waals surface area contributed by atoms with Crippen molar-refractivity contribution in [2.24, 2.45) is 0 Å². The zero-order valence-corrected chi connectivity index (χ0v) is 10.0. The van der Waals surface area contributed by atoms with Crippen molar-refractivity contribution in [3.05, 3.63) is 36.0 Å². The maximum Gasteiger partial charge on any atom is 0.466 e. The molecule has 0 spiro atoms. The topological polar surface area (TPSA) is 220 Å². The highest BCUT2D eigenvalue weighted by atomic mass is 31.2. The maximum absolute atomic E-state index is 10.2. The smallest absolute Gasteiger partial charge is 0.466 e. The van der Waals surface area contributed by atoms with E-state index in [1.54, 1.807) is 12.2 Å². The molecule has 0 heterocycles. The molecular weight excluding hydrogens is 253 g/mol. The molecule has 10 heteroatoms. The molecule has 0 saturated carbocycles. The fourth-order valence-corrected chi connectivity index (χ4v) is 0.666. The Labute approximate surface area is 98.2 Å². The highest BCUT2D eigenvalue weighted by molar-refractivity contribution is 7.45. The molecule has 1 aliphatic carbocycles. The second kappa shape index (κ2) is 9.87. The quantitative estimate of drug-likeness (QED) is 0.332. The van der Waals surface area contributed by atoms with E-state index >= 15 is 0 Å². The molecule has 1 rings (SSSR count). The van der Waals surface area contributed by atoms with Crippen LogP contribution in [-0.4, -0.2) is 25.8 Å². The van der Waals surface area contributed by atoms with Gasteiger partial charge in [0.05, 0.1) is 5.57 Å². The van der Waals surface area contributed by atoms with Gasteiger partial charge in [0.2, 0.25) is 0 Å². The number of carboxylic acid groups (broad SMARTS) is 1. The molecule has 1 aliphatic rings. The van der Waals surface area contributed by atoms with E-state index in [-0.39, 0.29) is 24.0 Å². The van der Waals surface area contributed by atoms with Crippen LogP contribution in [0.15, 0.2) is 36.0 Å². The van der Waals surface area contributed by atoms with E-state index < -0.39 is 13.8 Å². The summed E-state index contributed by atoms with van der Waals surface area (Å²) in [7, 11) is -4.64. The van der Waals surface area contributed by atoms with Gasteiger partial charge in [-0.15, -0.1) is 0 Å². The number of carbonyl (C=O) groups is 1. The van der Waals surface area contributed by atoms with E-state index in [2.05, 4.69) is 6.58 Å². The Morgan fingerprint density at radius 2 is 1.53 bits per heavy atom. The summed E-state index contributed by atoms with van der Waals surface area (Å²) in [6, 6.07) is 0. The minimum atomic E-state index is -4.64. The van der Waals surface area contributed by atoms with E-state index in [4.69, 9.17) is 24.4 Å². The molecule has 0 unspecified atom stereocenters. The Hall–Kier alpha value is -1.32. The first-order valence-corrected chi connectivity index (χ1v) is 4.87. The van der Waals surface area contributed by atoms with Crippen molar-refractivity contribution >= 4 is 13.8 Å². The van der Waals surface area contributed by atoms with E-state index in [0.717, 1.165) is 0 Å². The van der Waals surface area contributed by atoms with Crippen LogP contribution in [0.2, 0.25) is 0 Å². The predicted octanol–water partition coefficient (Wildman–Crippen LogP) is 0.681. The summed E-state index contributed by atoms with van der Waals surface area (Å²) in [5.74, 6) is -0.912. The van der Waals surface area contributed by atoms with E-state index in [1.165, 1.54) is 6.08 Å². The molecule has 17 heavy (non-hydrogen) atoms. The van der Waals surface area contributed by atoms with Gasteiger partial charge in [-0.3, -0.25) is 0 Å². The molecule has 0 aromatic rings. The SMILES string of the molecule is C=C1C=CC=C1C(=O)O.N.N.N.O=P(O)(O)O. The molecule has 0 saturated heterocycles. The van der Waals surface area contributed by atoms with Gasteiger partial charge in [0.1, 0.15) is 0 Å². The molecule has 0 aromatic heterocycles. The number of carboxylic acids is 1. The summed E-state index contributed by atoms with van der Waals surface area (Å²) in [4.78, 5) is 31.8. The maximum atomic E-state index is 10.2. The van der Waals surface area contributed by atoms with Crippen LogP contribution >= 0.6 is 7.82 Å². The Kier molecular flexibility index (Phi) is 14.4. The molecular formula is C7H18N3O6P. The number of allylic oxidation sites excluding steroid dienone is 3. The van der Waals surface area contributed by atoms with Crippen molar-refractivity contribution in [1.29, 1.82) is 0 Å². The van der Waals surface area contributed by atoms with Crippen molar-refractivity contribution in [1.82, 2.24) is 18.5 Å². The molecule has 0 fully saturated rings. The van der Waals surface area contributed by atoms with Crippen LogP contribution in [0, 0.1) is 0 Å². The van der Waals surface area contributed by atoms with Gasteiger partial charge in [0.25, 0.3) is 0 Å². The fourth-order valence-electron chi connectivity index (χ4n) is 0.666. The highest BCUT2D eigenvalue weighted by Gasteiger charge is 2.10. The number of hydrogen-bond donors (Lipinski definition) is 7. The Balaban J connectivity index is -0.0000000948. The molecule has 0 aromatic carbocycles. The number of aliphatic carboxylic acids is 1. The zero-order valence-electron chi connectivity index (χ0n) is 9.11. The monoisotopic (exact) mass is 271 g/mol. The summed E-state index contributed by atoms with van der Waals surface area (Å²) in [5.41, 5.74) is 0.859. The second-order valence-corrected chi connectivity index (χ2v) is 3.31. The third-order valence-electron chi connectivity index (χ3n) is 1.14. The lowest BCUT2D eigenvalue weighted by atomic mass is 10.2. The first kappa shape index (κ1) is 24.8. The summed E-state index contributed by atoms with van der Waals surface area (Å²) >= 11 is 0. The average Bonchev–Trinajstić information content (AvgIpc) is 2.30. The van der Waals surface area contributed by atoms with Gasteiger partial charge in [0, 0.05) is 0 Å². The van der Waals surface area contributed by atoms with Crippen molar-refractivity contribution in [2.75, 3.05) is 0 Å². The van der Waals surface area contributed by atoms with Gasteiger partial charge in [0.15, 0.2) is 0 Å². The standard InChI is InChI=1S/C7H6O2.3H3N.H3O4P/c1-5-3-2-4-6(5)7(8)9;;;;1-5(2,3)4/h2-4H,1H2,(H,8,9);3*1H3;(H3,1,2,3,4). The summed E-state index contributed by atoms with van der Waals surface area (Å²) in [6.07, 6.45) is 4.87. The van der Waals surface area contributed by atoms with Crippen LogP contribution in [0.5, 0.6) is 0 Å². The molecule has 0 radical (unpaired) electrons. The largest absolute Gasteiger partial charge is 0.478 e. The second-order valence-electron chi connectivity index (χ2n) is 2.28. The highest BCUT2D eigenvalue weighted by Crippen LogP contribution is 2.25. The first-order chi connectivity index (χ1) is 6.22. The van der Waals surface area contributed by atoms with Gasteiger partial charge in [-0.05, 0) is 11.6 Å². The minimum absolute atomic E-state index is 0. The lowest BCUT2D eigenvalue weighted by Gasteiger charge is -1.92. The van der Waals surface area contributed by atoms with Crippen LogP contribution in [-0.2, 0) is 9.36 Å². The van der Waals surface area contributed by atoms with Crippen molar-refractivity contribution in [3.63, 3.8) is 0 Å². The summed E-state index contributed by atoms with van der Waals surface area (Å²) in [6.45, 7) is 3.52. The van der Waals surface area contributed by atoms with E-state index in [1.807, 2.05) is 0 Å². The molecule has 0 bridgehead atoms. The van der Waals surface area contributed by atoms with Gasteiger partial charge < -0.3 is 38.2 Å². The normalized spacial score (nSPS) is 11.9. The molecule has 0 amide bonds. The molecule has 102 valence electrons. The Bertz CT molecular complexity index is 350.